The molecule has 120 valence electrons. The largest absolute Gasteiger partial charge is 0.310 e. The molecule has 1 atom stereocenters. The van der Waals surface area contributed by atoms with Crippen LogP contribution in [0.3, 0.4) is 0 Å². The maximum atomic E-state index is 12.7. The topological polar surface area (TPSA) is 23.6 Å². The van der Waals surface area contributed by atoms with Gasteiger partial charge in [-0.2, -0.15) is 0 Å². The molecule has 1 aliphatic rings. The third-order valence-corrected chi connectivity index (χ3v) is 4.96. The minimum absolute atomic E-state index is 0.0885. The second-order valence-electron chi connectivity index (χ2n) is 5.72. The van der Waals surface area contributed by atoms with Crippen molar-refractivity contribution in [1.29, 1.82) is 0 Å². The molecule has 0 bridgehead atoms. The summed E-state index contributed by atoms with van der Waals surface area (Å²) < 4.78 is 0. The zero-order chi connectivity index (χ0) is 16.4. The molecule has 2 aromatic rings. The van der Waals surface area contributed by atoms with Gasteiger partial charge in [-0.05, 0) is 30.7 Å². The Balaban J connectivity index is 1.74. The Morgan fingerprint density at radius 3 is 2.48 bits per heavy atom. The summed E-state index contributed by atoms with van der Waals surface area (Å²) in [4.78, 5) is 16.7. The van der Waals surface area contributed by atoms with Gasteiger partial charge in [0.15, 0.2) is 0 Å². The minimum Gasteiger partial charge on any atom is -0.310 e. The van der Waals surface area contributed by atoms with Crippen LogP contribution in [0.4, 0.5) is 5.69 Å². The van der Waals surface area contributed by atoms with Gasteiger partial charge in [0.2, 0.25) is 5.91 Å². The molecule has 1 amide bonds. The number of carbonyl (C=O) groups is 1. The Labute approximate surface area is 146 Å². The van der Waals surface area contributed by atoms with Gasteiger partial charge in [-0.15, -0.1) is 0 Å². The highest BCUT2D eigenvalue weighted by Gasteiger charge is 2.32. The number of benzene rings is 2. The molecule has 3 nitrogen and oxygen atoms in total. The number of nitrogens with zero attached hydrogens (tertiary/aromatic N) is 2. The van der Waals surface area contributed by atoms with Crippen LogP contribution in [0.1, 0.15) is 12.5 Å². The fourth-order valence-corrected chi connectivity index (χ4v) is 3.15. The first-order chi connectivity index (χ1) is 11.1. The van der Waals surface area contributed by atoms with Crippen LogP contribution in [0.2, 0.25) is 10.0 Å². The highest BCUT2D eigenvalue weighted by atomic mass is 35.5. The molecule has 0 radical (unpaired) electrons. The number of hydrogen-bond donors (Lipinski definition) is 0. The third kappa shape index (κ3) is 3.52. The summed E-state index contributed by atoms with van der Waals surface area (Å²) in [6.07, 6.45) is 0. The number of anilines is 1. The van der Waals surface area contributed by atoms with Crippen LogP contribution < -0.4 is 4.90 Å². The molecule has 1 fully saturated rings. The maximum absolute atomic E-state index is 12.7. The molecule has 0 aromatic heterocycles. The summed E-state index contributed by atoms with van der Waals surface area (Å²) in [5, 5.41) is 0.968. The average molecular weight is 349 g/mol. The lowest BCUT2D eigenvalue weighted by atomic mass is 10.1. The number of hydrogen-bond acceptors (Lipinski definition) is 2. The quantitative estimate of drug-likeness (QED) is 0.828. The summed E-state index contributed by atoms with van der Waals surface area (Å²) in [6.45, 7) is 4.20. The van der Waals surface area contributed by atoms with Gasteiger partial charge < -0.3 is 4.90 Å². The molecular formula is C18H18Cl2N2O. The average Bonchev–Trinajstić information content (AvgIpc) is 2.56. The number of halogens is 2. The summed E-state index contributed by atoms with van der Waals surface area (Å²) in [6, 6.07) is 15.4. The van der Waals surface area contributed by atoms with Crippen molar-refractivity contribution >= 4 is 34.8 Å². The van der Waals surface area contributed by atoms with Crippen molar-refractivity contribution in [3.8, 4) is 0 Å². The summed E-state index contributed by atoms with van der Waals surface area (Å²) in [5.74, 6) is 0.0885. The SMILES string of the molecule is CC1C(=O)N(c2ccc(Cl)c(Cl)c2)CCN1Cc1ccccc1. The Morgan fingerprint density at radius 2 is 1.78 bits per heavy atom. The number of rotatable bonds is 3. The molecule has 0 aliphatic carbocycles. The van der Waals surface area contributed by atoms with Crippen LogP contribution in [0, 0.1) is 0 Å². The van der Waals surface area contributed by atoms with E-state index < -0.39 is 0 Å². The molecule has 1 saturated heterocycles. The fourth-order valence-electron chi connectivity index (χ4n) is 2.86. The first-order valence-corrected chi connectivity index (χ1v) is 8.36. The van der Waals surface area contributed by atoms with Crippen molar-refractivity contribution in [3.05, 3.63) is 64.1 Å². The van der Waals surface area contributed by atoms with E-state index in [1.54, 1.807) is 17.0 Å². The van der Waals surface area contributed by atoms with Crippen LogP contribution in [-0.4, -0.2) is 29.9 Å². The lowest BCUT2D eigenvalue weighted by Gasteiger charge is -2.39. The molecule has 2 aromatic carbocycles. The molecule has 0 N–H and O–H groups in total. The monoisotopic (exact) mass is 348 g/mol. The van der Waals surface area contributed by atoms with Gasteiger partial charge in [0.25, 0.3) is 0 Å². The van der Waals surface area contributed by atoms with E-state index in [1.807, 2.05) is 31.2 Å². The fraction of sp³-hybridized carbons (Fsp3) is 0.278. The predicted molar refractivity (Wildman–Crippen MR) is 95.1 cm³/mol. The lowest BCUT2D eigenvalue weighted by molar-refractivity contribution is -0.125. The molecule has 3 rings (SSSR count). The smallest absolute Gasteiger partial charge is 0.244 e. The molecule has 1 unspecified atom stereocenters. The Bertz CT molecular complexity index is 705. The van der Waals surface area contributed by atoms with Gasteiger partial charge in [-0.25, -0.2) is 0 Å². The number of piperazine rings is 1. The third-order valence-electron chi connectivity index (χ3n) is 4.23. The zero-order valence-electron chi connectivity index (χ0n) is 12.9. The van der Waals surface area contributed by atoms with Crippen LogP contribution in [0.25, 0.3) is 0 Å². The van der Waals surface area contributed by atoms with Crippen molar-refractivity contribution in [1.82, 2.24) is 4.90 Å². The molecule has 23 heavy (non-hydrogen) atoms. The van der Waals surface area contributed by atoms with E-state index in [9.17, 15) is 4.79 Å². The molecule has 1 heterocycles. The maximum Gasteiger partial charge on any atom is 0.244 e. The second kappa shape index (κ2) is 6.91. The van der Waals surface area contributed by atoms with Crippen molar-refractivity contribution in [2.24, 2.45) is 0 Å². The molecule has 1 aliphatic heterocycles. The lowest BCUT2D eigenvalue weighted by Crippen LogP contribution is -2.55. The van der Waals surface area contributed by atoms with Crippen molar-refractivity contribution in [2.45, 2.75) is 19.5 Å². The van der Waals surface area contributed by atoms with Crippen LogP contribution in [0.15, 0.2) is 48.5 Å². The van der Waals surface area contributed by atoms with E-state index in [0.717, 1.165) is 18.8 Å². The summed E-state index contributed by atoms with van der Waals surface area (Å²) in [7, 11) is 0. The van der Waals surface area contributed by atoms with E-state index in [4.69, 9.17) is 23.2 Å². The van der Waals surface area contributed by atoms with Crippen molar-refractivity contribution < 1.29 is 4.79 Å². The summed E-state index contributed by atoms with van der Waals surface area (Å²) in [5.41, 5.74) is 2.02. The van der Waals surface area contributed by atoms with E-state index >= 15 is 0 Å². The normalized spacial score (nSPS) is 19.2. The highest BCUT2D eigenvalue weighted by molar-refractivity contribution is 6.42. The molecular weight excluding hydrogens is 331 g/mol. The van der Waals surface area contributed by atoms with E-state index in [1.165, 1.54) is 5.56 Å². The van der Waals surface area contributed by atoms with Gasteiger partial charge in [0, 0.05) is 25.3 Å². The standard InChI is InChI=1S/C18H18Cl2N2O/c1-13-18(23)22(15-7-8-16(19)17(20)11-15)10-9-21(13)12-14-5-3-2-4-6-14/h2-8,11,13H,9-10,12H2,1H3. The van der Waals surface area contributed by atoms with Gasteiger partial charge in [-0.1, -0.05) is 53.5 Å². The molecule has 0 saturated carbocycles. The zero-order valence-corrected chi connectivity index (χ0v) is 14.4. The Kier molecular flexibility index (Phi) is 4.90. The first-order valence-electron chi connectivity index (χ1n) is 7.60. The second-order valence-corrected chi connectivity index (χ2v) is 6.53. The van der Waals surface area contributed by atoms with Crippen molar-refractivity contribution in [3.63, 3.8) is 0 Å². The molecule has 5 heteroatoms. The van der Waals surface area contributed by atoms with Crippen LogP contribution in [-0.2, 0) is 11.3 Å². The first kappa shape index (κ1) is 16.3. The summed E-state index contributed by atoms with van der Waals surface area (Å²) >= 11 is 12.0. The van der Waals surface area contributed by atoms with Crippen LogP contribution in [0.5, 0.6) is 0 Å². The van der Waals surface area contributed by atoms with Crippen LogP contribution >= 0.6 is 23.2 Å². The highest BCUT2D eigenvalue weighted by Crippen LogP contribution is 2.29. The van der Waals surface area contributed by atoms with E-state index in [0.29, 0.717) is 16.6 Å². The number of carbonyl (C=O) groups excluding carboxylic acids is 1. The molecule has 0 spiro atoms. The van der Waals surface area contributed by atoms with Gasteiger partial charge >= 0.3 is 0 Å². The number of amides is 1. The van der Waals surface area contributed by atoms with Gasteiger partial charge in [0.05, 0.1) is 16.1 Å². The minimum atomic E-state index is -0.168. The van der Waals surface area contributed by atoms with Gasteiger partial charge in [-0.3, -0.25) is 9.69 Å². The predicted octanol–water partition coefficient (Wildman–Crippen LogP) is 4.23. The van der Waals surface area contributed by atoms with E-state index in [2.05, 4.69) is 17.0 Å². The Hall–Kier alpha value is -1.55. The van der Waals surface area contributed by atoms with Crippen molar-refractivity contribution in [2.75, 3.05) is 18.0 Å². The Morgan fingerprint density at radius 1 is 1.04 bits per heavy atom. The van der Waals surface area contributed by atoms with E-state index in [-0.39, 0.29) is 11.9 Å². The van der Waals surface area contributed by atoms with Gasteiger partial charge in [0.1, 0.15) is 0 Å².